The maximum atomic E-state index is 5.79. The van der Waals surface area contributed by atoms with Gasteiger partial charge in [0.2, 0.25) is 0 Å². The van der Waals surface area contributed by atoms with Crippen LogP contribution in [0.2, 0.25) is 0 Å². The fourth-order valence-corrected chi connectivity index (χ4v) is 3.30. The highest BCUT2D eigenvalue weighted by Crippen LogP contribution is 2.42. The molecule has 1 aliphatic carbocycles. The summed E-state index contributed by atoms with van der Waals surface area (Å²) in [5.41, 5.74) is 8.21. The molecule has 2 nitrogen and oxygen atoms in total. The number of benzene rings is 1. The van der Waals surface area contributed by atoms with Crippen LogP contribution in [0.5, 0.6) is 0 Å². The summed E-state index contributed by atoms with van der Waals surface area (Å²) in [5.74, 6) is 0.599. The van der Waals surface area contributed by atoms with Crippen LogP contribution in [-0.2, 0) is 6.42 Å². The molecule has 18 heavy (non-hydrogen) atoms. The van der Waals surface area contributed by atoms with E-state index >= 15 is 0 Å². The lowest BCUT2D eigenvalue weighted by Gasteiger charge is -1.96. The highest BCUT2D eigenvalue weighted by atomic mass is 32.1. The van der Waals surface area contributed by atoms with Crippen LogP contribution < -0.4 is 5.73 Å². The van der Waals surface area contributed by atoms with Gasteiger partial charge in [0, 0.05) is 12.3 Å². The normalized spacial score (nSPS) is 14.7. The Labute approximate surface area is 116 Å². The summed E-state index contributed by atoms with van der Waals surface area (Å²) in [6, 6.07) is 10.4. The molecule has 0 spiro atoms. The molecule has 3 rings (SSSR count). The monoisotopic (exact) mass is 274 g/mol. The lowest BCUT2D eigenvalue weighted by molar-refractivity contribution is 1.00. The Morgan fingerprint density at radius 2 is 2.06 bits per heavy atom. The zero-order valence-corrected chi connectivity index (χ0v) is 11.6. The minimum absolute atomic E-state index is 0.494. The van der Waals surface area contributed by atoms with E-state index in [1.165, 1.54) is 18.4 Å². The van der Waals surface area contributed by atoms with Gasteiger partial charge in [0.05, 0.1) is 15.6 Å². The van der Waals surface area contributed by atoms with Crippen LogP contribution in [0.15, 0.2) is 30.3 Å². The summed E-state index contributed by atoms with van der Waals surface area (Å²) in [5, 5.41) is 1.12. The molecular weight excluding hydrogens is 260 g/mol. The summed E-state index contributed by atoms with van der Waals surface area (Å²) in [6.45, 7) is 0. The average Bonchev–Trinajstić information content (AvgIpc) is 3.12. The molecular formula is C14H14N2S2. The lowest BCUT2D eigenvalue weighted by atomic mass is 10.2. The van der Waals surface area contributed by atoms with Gasteiger partial charge in [0.1, 0.15) is 4.99 Å². The molecule has 1 fully saturated rings. The standard InChI is InChI=1S/C14H14N2S2/c15-14(17)13-12(10-6-7-10)16-11(18-13)8-9-4-2-1-3-5-9/h1-5,10H,6-8H2,(H2,15,17). The molecule has 1 saturated carbocycles. The zero-order valence-electron chi connectivity index (χ0n) is 9.93. The Bertz CT molecular complexity index is 571. The van der Waals surface area contributed by atoms with Crippen molar-refractivity contribution < 1.29 is 0 Å². The molecule has 92 valence electrons. The predicted molar refractivity (Wildman–Crippen MR) is 79.2 cm³/mol. The molecule has 0 atom stereocenters. The number of nitrogens with zero attached hydrogens (tertiary/aromatic N) is 1. The van der Waals surface area contributed by atoms with Crippen LogP contribution in [0, 0.1) is 0 Å². The predicted octanol–water partition coefficient (Wildman–Crippen LogP) is 3.25. The summed E-state index contributed by atoms with van der Waals surface area (Å²) in [7, 11) is 0. The Balaban J connectivity index is 1.89. The van der Waals surface area contributed by atoms with Crippen molar-refractivity contribution in [3.63, 3.8) is 0 Å². The van der Waals surface area contributed by atoms with Crippen LogP contribution >= 0.6 is 23.6 Å². The SMILES string of the molecule is NC(=S)c1sc(Cc2ccccc2)nc1C1CC1. The van der Waals surface area contributed by atoms with Gasteiger partial charge < -0.3 is 5.73 Å². The molecule has 1 aliphatic rings. The van der Waals surface area contributed by atoms with Crippen molar-refractivity contribution in [2.45, 2.75) is 25.2 Å². The Hall–Kier alpha value is -1.26. The van der Waals surface area contributed by atoms with Gasteiger partial charge in [-0.3, -0.25) is 0 Å². The number of aromatic nitrogens is 1. The molecule has 0 bridgehead atoms. The van der Waals surface area contributed by atoms with E-state index in [0.717, 1.165) is 22.0 Å². The first kappa shape index (κ1) is 11.8. The molecule has 0 aliphatic heterocycles. The largest absolute Gasteiger partial charge is 0.389 e. The molecule has 2 aromatic rings. The fourth-order valence-electron chi connectivity index (χ4n) is 2.03. The highest BCUT2D eigenvalue weighted by molar-refractivity contribution is 7.81. The third-order valence-electron chi connectivity index (χ3n) is 3.08. The van der Waals surface area contributed by atoms with Crippen molar-refractivity contribution in [1.82, 2.24) is 4.98 Å². The maximum absolute atomic E-state index is 5.79. The zero-order chi connectivity index (χ0) is 12.5. The number of thiazole rings is 1. The van der Waals surface area contributed by atoms with Gasteiger partial charge in [-0.2, -0.15) is 0 Å². The van der Waals surface area contributed by atoms with Crippen molar-refractivity contribution >= 4 is 28.5 Å². The van der Waals surface area contributed by atoms with E-state index in [9.17, 15) is 0 Å². The topological polar surface area (TPSA) is 38.9 Å². The summed E-state index contributed by atoms with van der Waals surface area (Å²) >= 11 is 6.78. The molecule has 1 heterocycles. The number of rotatable bonds is 4. The summed E-state index contributed by atoms with van der Waals surface area (Å²) in [4.78, 5) is 6.26. The third kappa shape index (κ3) is 2.44. The Kier molecular flexibility index (Phi) is 3.14. The number of thiocarbonyl (C=S) groups is 1. The Morgan fingerprint density at radius 1 is 1.33 bits per heavy atom. The summed E-state index contributed by atoms with van der Waals surface area (Å²) in [6.07, 6.45) is 3.32. The van der Waals surface area contributed by atoms with Crippen molar-refractivity contribution in [3.05, 3.63) is 51.5 Å². The molecule has 0 amide bonds. The first-order valence-electron chi connectivity index (χ1n) is 6.07. The second-order valence-electron chi connectivity index (χ2n) is 4.62. The highest BCUT2D eigenvalue weighted by Gasteiger charge is 2.30. The second-order valence-corrected chi connectivity index (χ2v) is 6.15. The molecule has 1 aromatic carbocycles. The maximum Gasteiger partial charge on any atom is 0.116 e. The van der Waals surface area contributed by atoms with Crippen molar-refractivity contribution in [2.75, 3.05) is 0 Å². The first-order valence-corrected chi connectivity index (χ1v) is 7.30. The molecule has 0 unspecified atom stereocenters. The molecule has 0 saturated heterocycles. The van der Waals surface area contributed by atoms with Crippen LogP contribution in [0.25, 0.3) is 0 Å². The summed E-state index contributed by atoms with van der Waals surface area (Å²) < 4.78 is 0. The van der Waals surface area contributed by atoms with E-state index in [-0.39, 0.29) is 0 Å². The minimum Gasteiger partial charge on any atom is -0.389 e. The van der Waals surface area contributed by atoms with E-state index in [1.54, 1.807) is 11.3 Å². The van der Waals surface area contributed by atoms with Crippen LogP contribution in [0.4, 0.5) is 0 Å². The van der Waals surface area contributed by atoms with Gasteiger partial charge in [-0.1, -0.05) is 42.5 Å². The van der Waals surface area contributed by atoms with E-state index < -0.39 is 0 Å². The molecule has 1 aromatic heterocycles. The smallest absolute Gasteiger partial charge is 0.116 e. The third-order valence-corrected chi connectivity index (χ3v) is 4.52. The van der Waals surface area contributed by atoms with Gasteiger partial charge in [-0.25, -0.2) is 4.98 Å². The first-order chi connectivity index (χ1) is 8.74. The number of nitrogens with two attached hydrogens (primary N) is 1. The van der Waals surface area contributed by atoms with E-state index in [0.29, 0.717) is 10.9 Å². The minimum atomic E-state index is 0.494. The number of hydrogen-bond acceptors (Lipinski definition) is 3. The van der Waals surface area contributed by atoms with Crippen LogP contribution in [0.1, 0.15) is 39.9 Å². The van der Waals surface area contributed by atoms with Crippen molar-refractivity contribution in [3.8, 4) is 0 Å². The molecule has 4 heteroatoms. The fraction of sp³-hybridized carbons (Fsp3) is 0.286. The van der Waals surface area contributed by atoms with Crippen molar-refractivity contribution in [1.29, 1.82) is 0 Å². The van der Waals surface area contributed by atoms with E-state index in [2.05, 4.69) is 24.3 Å². The quantitative estimate of drug-likeness (QED) is 0.870. The second kappa shape index (κ2) is 4.78. The molecule has 0 radical (unpaired) electrons. The molecule has 2 N–H and O–H groups in total. The van der Waals surface area contributed by atoms with Gasteiger partial charge in [0.25, 0.3) is 0 Å². The van der Waals surface area contributed by atoms with Gasteiger partial charge in [-0.15, -0.1) is 11.3 Å². The lowest BCUT2D eigenvalue weighted by Crippen LogP contribution is -2.09. The van der Waals surface area contributed by atoms with Crippen LogP contribution in [0.3, 0.4) is 0 Å². The Morgan fingerprint density at radius 3 is 2.67 bits per heavy atom. The van der Waals surface area contributed by atoms with Gasteiger partial charge in [-0.05, 0) is 18.4 Å². The van der Waals surface area contributed by atoms with E-state index in [1.807, 2.05) is 6.07 Å². The van der Waals surface area contributed by atoms with Crippen LogP contribution in [-0.4, -0.2) is 9.97 Å². The van der Waals surface area contributed by atoms with Crippen molar-refractivity contribution in [2.24, 2.45) is 5.73 Å². The average molecular weight is 274 g/mol. The van der Waals surface area contributed by atoms with E-state index in [4.69, 9.17) is 22.9 Å². The van der Waals surface area contributed by atoms with Gasteiger partial charge in [0.15, 0.2) is 0 Å². The number of hydrogen-bond donors (Lipinski definition) is 1. The van der Waals surface area contributed by atoms with Gasteiger partial charge >= 0.3 is 0 Å².